The second-order valence-electron chi connectivity index (χ2n) is 14.9. The van der Waals surface area contributed by atoms with Gasteiger partial charge in [0.05, 0.1) is 34.9 Å². The number of nitrogens with zero attached hydrogens (tertiary/aromatic N) is 8. The molecule has 53 heavy (non-hydrogen) atoms. The first-order valence-corrected chi connectivity index (χ1v) is 18.2. The highest BCUT2D eigenvalue weighted by molar-refractivity contribution is 5.92. The molecule has 266 valence electrons. The monoisotopic (exact) mass is 701 g/mol. The van der Waals surface area contributed by atoms with E-state index in [4.69, 9.17) is 20.4 Å². The summed E-state index contributed by atoms with van der Waals surface area (Å²) in [7, 11) is 1.93. The lowest BCUT2D eigenvalue weighted by atomic mass is 9.75. The van der Waals surface area contributed by atoms with Gasteiger partial charge in [-0.15, -0.1) is 15.0 Å². The lowest BCUT2D eigenvalue weighted by Gasteiger charge is -2.38. The van der Waals surface area contributed by atoms with Crippen LogP contribution < -0.4 is 5.32 Å². The van der Waals surface area contributed by atoms with E-state index < -0.39 is 5.54 Å². The Labute approximate surface area is 309 Å². The summed E-state index contributed by atoms with van der Waals surface area (Å²) in [5.41, 5.74) is 5.99. The van der Waals surface area contributed by atoms with Crippen molar-refractivity contribution in [2.45, 2.75) is 39.2 Å². The van der Waals surface area contributed by atoms with Crippen molar-refractivity contribution < 1.29 is 4.79 Å². The summed E-state index contributed by atoms with van der Waals surface area (Å²) in [4.78, 5) is 22.2. The van der Waals surface area contributed by atoms with Gasteiger partial charge in [0.2, 0.25) is 5.82 Å². The van der Waals surface area contributed by atoms with Crippen LogP contribution in [0.25, 0.3) is 33.5 Å². The molecule has 4 heterocycles. The van der Waals surface area contributed by atoms with E-state index in [-0.39, 0.29) is 11.4 Å². The smallest absolute Gasteiger partial charge is 0.321 e. The van der Waals surface area contributed by atoms with Crippen molar-refractivity contribution in [3.63, 3.8) is 0 Å². The third-order valence-corrected chi connectivity index (χ3v) is 10.7. The number of aromatic nitrogens is 7. The highest BCUT2D eigenvalue weighted by Crippen LogP contribution is 2.41. The van der Waals surface area contributed by atoms with Crippen molar-refractivity contribution in [1.82, 2.24) is 39.9 Å². The number of nitrogens with one attached hydrogen (secondary N) is 1. The maximum atomic E-state index is 13.6. The molecule has 1 aliphatic rings. The number of tetrazole rings is 1. The molecule has 1 saturated heterocycles. The molecule has 1 N–H and O–H groups in total. The van der Waals surface area contributed by atoms with Crippen molar-refractivity contribution in [3.05, 3.63) is 144 Å². The quantitative estimate of drug-likeness (QED) is 0.167. The summed E-state index contributed by atoms with van der Waals surface area (Å²) in [5.74, 6) is 0.966. The van der Waals surface area contributed by atoms with Gasteiger partial charge in [0, 0.05) is 31.1 Å². The van der Waals surface area contributed by atoms with E-state index in [1.54, 1.807) is 11.0 Å². The summed E-state index contributed by atoms with van der Waals surface area (Å²) in [5, 5.41) is 23.3. The molecule has 10 nitrogen and oxygen atoms in total. The maximum Gasteiger partial charge on any atom is 0.321 e. The Balaban J connectivity index is 1.24. The average Bonchev–Trinajstić information content (AvgIpc) is 3.83. The van der Waals surface area contributed by atoms with Crippen LogP contribution in [0, 0.1) is 11.3 Å². The zero-order valence-electron chi connectivity index (χ0n) is 30.5. The van der Waals surface area contributed by atoms with Gasteiger partial charge in [0.1, 0.15) is 0 Å². The number of carbonyl (C=O) groups is 1. The van der Waals surface area contributed by atoms with Gasteiger partial charge in [-0.2, -0.15) is 5.10 Å². The summed E-state index contributed by atoms with van der Waals surface area (Å²) < 4.78 is 1.85. The Morgan fingerprint density at radius 3 is 1.96 bits per heavy atom. The first kappa shape index (κ1) is 34.0. The molecule has 4 aromatic carbocycles. The molecule has 8 rings (SSSR count). The Morgan fingerprint density at radius 1 is 0.774 bits per heavy atom. The van der Waals surface area contributed by atoms with Crippen LogP contribution in [0.1, 0.15) is 50.3 Å². The van der Waals surface area contributed by atoms with Gasteiger partial charge < -0.3 is 10.2 Å². The summed E-state index contributed by atoms with van der Waals surface area (Å²) >= 11 is 0. The molecule has 3 aromatic heterocycles. The first-order valence-electron chi connectivity index (χ1n) is 18.2. The molecule has 0 atom stereocenters. The number of urea groups is 1. The minimum Gasteiger partial charge on any atom is -0.325 e. The topological polar surface area (TPSA) is 107 Å². The Bertz CT molecular complexity index is 2260. The fraction of sp³-hybridized carbons (Fsp3) is 0.256. The molecule has 0 saturated carbocycles. The Kier molecular flexibility index (Phi) is 8.82. The molecule has 2 amide bonds. The highest BCUT2D eigenvalue weighted by Gasteiger charge is 2.41. The molecule has 1 aliphatic heterocycles. The number of hydrogen-bond acceptors (Lipinski definition) is 6. The fourth-order valence-electron chi connectivity index (χ4n) is 7.74. The average molecular weight is 702 g/mol. The third kappa shape index (κ3) is 6.34. The lowest BCUT2D eigenvalue weighted by Crippen LogP contribution is -2.43. The van der Waals surface area contributed by atoms with E-state index in [2.05, 4.69) is 73.7 Å². The molecular formula is C43H43N9O. The van der Waals surface area contributed by atoms with Crippen LogP contribution in [-0.4, -0.2) is 59.0 Å². The number of carbonyl (C=O) groups excluding carboxylic acids is 1. The standard InChI is InChI=1S/C43H43N9O/c1-42(2,3)32-22-24-51(25-23-32)41(53)46-36-27-37(39(44-29-36)30-20-21-38-31(26-30)28-45-50(38)4)40-47-49-52(48-40)43(33-14-8-5-9-15-33,34-16-10-6-11-17-34)35-18-12-7-13-19-35/h5-21,26-29,32H,22-25H2,1-4H3,(H,46,53). The highest BCUT2D eigenvalue weighted by atomic mass is 16.2. The van der Waals surface area contributed by atoms with Crippen molar-refractivity contribution in [1.29, 1.82) is 0 Å². The molecular weight excluding hydrogens is 659 g/mol. The predicted molar refractivity (Wildman–Crippen MR) is 208 cm³/mol. The first-order chi connectivity index (χ1) is 25.7. The largest absolute Gasteiger partial charge is 0.325 e. The van der Waals surface area contributed by atoms with Crippen LogP contribution in [0.5, 0.6) is 0 Å². The van der Waals surface area contributed by atoms with E-state index in [1.807, 2.05) is 95.6 Å². The van der Waals surface area contributed by atoms with Crippen molar-refractivity contribution in [2.75, 3.05) is 18.4 Å². The lowest BCUT2D eigenvalue weighted by molar-refractivity contribution is 0.128. The van der Waals surface area contributed by atoms with Crippen molar-refractivity contribution >= 4 is 22.6 Å². The third-order valence-electron chi connectivity index (χ3n) is 10.7. The van der Waals surface area contributed by atoms with Gasteiger partial charge >= 0.3 is 6.03 Å². The summed E-state index contributed by atoms with van der Waals surface area (Å²) in [6.07, 6.45) is 5.52. The number of amides is 2. The number of hydrogen-bond donors (Lipinski definition) is 1. The SMILES string of the molecule is Cn1ncc2cc(-c3ncc(NC(=O)N4CCC(C(C)(C)C)CC4)cc3-c3nnn(C(c4ccccc4)(c4ccccc4)c4ccccc4)n3)ccc21. The Hall–Kier alpha value is -6.16. The molecule has 1 fully saturated rings. The van der Waals surface area contributed by atoms with Crippen LogP contribution in [0.3, 0.4) is 0 Å². The maximum absolute atomic E-state index is 13.6. The number of anilines is 1. The van der Waals surface area contributed by atoms with Crippen LogP contribution >= 0.6 is 0 Å². The van der Waals surface area contributed by atoms with Crippen LogP contribution in [-0.2, 0) is 12.6 Å². The van der Waals surface area contributed by atoms with Gasteiger partial charge in [0.25, 0.3) is 0 Å². The van der Waals surface area contributed by atoms with Crippen LogP contribution in [0.15, 0.2) is 128 Å². The zero-order valence-corrected chi connectivity index (χ0v) is 30.5. The zero-order chi connectivity index (χ0) is 36.6. The molecule has 0 aliphatic carbocycles. The summed E-state index contributed by atoms with van der Waals surface area (Å²) in [6, 6.07) is 38.7. The van der Waals surface area contributed by atoms with Gasteiger partial charge in [-0.25, -0.2) is 4.79 Å². The summed E-state index contributed by atoms with van der Waals surface area (Å²) in [6.45, 7) is 8.27. The predicted octanol–water partition coefficient (Wildman–Crippen LogP) is 8.42. The second kappa shape index (κ2) is 13.8. The van der Waals surface area contributed by atoms with Crippen molar-refractivity contribution in [2.24, 2.45) is 18.4 Å². The molecule has 10 heteroatoms. The molecule has 0 radical (unpaired) electrons. The van der Waals surface area contributed by atoms with Gasteiger partial charge in [-0.3, -0.25) is 9.67 Å². The molecule has 0 bridgehead atoms. The number of pyridine rings is 1. The molecule has 0 spiro atoms. The van der Waals surface area contributed by atoms with Gasteiger partial charge in [-0.1, -0.05) is 118 Å². The molecule has 0 unspecified atom stereocenters. The number of aryl methyl sites for hydroxylation is 1. The van der Waals surface area contributed by atoms with E-state index in [0.717, 1.165) is 46.0 Å². The number of benzene rings is 4. The van der Waals surface area contributed by atoms with E-state index in [0.29, 0.717) is 41.8 Å². The normalized spacial score (nSPS) is 14.1. The molecule has 7 aromatic rings. The number of piperidine rings is 1. The minimum absolute atomic E-state index is 0.137. The Morgan fingerprint density at radius 2 is 1.38 bits per heavy atom. The number of likely N-dealkylation sites (tertiary alicyclic amines) is 1. The fourth-order valence-corrected chi connectivity index (χ4v) is 7.74. The van der Waals surface area contributed by atoms with E-state index in [9.17, 15) is 4.79 Å². The van der Waals surface area contributed by atoms with Crippen LogP contribution in [0.4, 0.5) is 10.5 Å². The second-order valence-corrected chi connectivity index (χ2v) is 14.9. The van der Waals surface area contributed by atoms with Gasteiger partial charge in [-0.05, 0) is 64.3 Å². The number of fused-ring (bicyclic) bond motifs is 1. The van der Waals surface area contributed by atoms with E-state index in [1.165, 1.54) is 0 Å². The van der Waals surface area contributed by atoms with E-state index >= 15 is 0 Å². The van der Waals surface area contributed by atoms with Crippen molar-refractivity contribution in [3.8, 4) is 22.6 Å². The van der Waals surface area contributed by atoms with Crippen LogP contribution in [0.2, 0.25) is 0 Å². The number of rotatable bonds is 7. The minimum atomic E-state index is -0.942. The van der Waals surface area contributed by atoms with Gasteiger partial charge in [0.15, 0.2) is 5.54 Å².